The van der Waals surface area contributed by atoms with Gasteiger partial charge in [0, 0.05) is 17.5 Å². The normalized spacial score (nSPS) is 14.8. The Hall–Kier alpha value is -1.28. The minimum atomic E-state index is 0.414. The van der Waals surface area contributed by atoms with Gasteiger partial charge < -0.3 is 0 Å². The maximum Gasteiger partial charge on any atom is 0.289 e. The smallest absolute Gasteiger partial charge is 0.286 e. The number of thiophene rings is 1. The molecule has 114 valence electrons. The number of fused-ring (bicyclic) bond motifs is 1. The molecule has 0 unspecified atom stereocenters. The van der Waals surface area contributed by atoms with E-state index in [9.17, 15) is 5.26 Å². The van der Waals surface area contributed by atoms with Crippen molar-refractivity contribution in [3.8, 4) is 16.5 Å². The zero-order chi connectivity index (χ0) is 15.7. The van der Waals surface area contributed by atoms with Crippen LogP contribution in [0, 0.1) is 11.3 Å². The van der Waals surface area contributed by atoms with E-state index < -0.39 is 0 Å². The zero-order valence-corrected chi connectivity index (χ0v) is 14.3. The Balaban J connectivity index is 2.30. The zero-order valence-electron chi connectivity index (χ0n) is 12.0. The molecule has 22 heavy (non-hydrogen) atoms. The Kier molecular flexibility index (Phi) is 4.58. The average Bonchev–Trinajstić information content (AvgIpc) is 2.78. The van der Waals surface area contributed by atoms with Crippen LogP contribution < -0.4 is 10.7 Å². The third-order valence-electron chi connectivity index (χ3n) is 4.07. The van der Waals surface area contributed by atoms with Crippen LogP contribution in [0.15, 0.2) is 6.07 Å². The number of aromatic nitrogens is 1. The molecule has 0 amide bonds. The number of nitrogens with two attached hydrogens (primary N) is 1. The number of aromatic amines is 1. The van der Waals surface area contributed by atoms with Crippen LogP contribution in [0.25, 0.3) is 10.4 Å². The van der Waals surface area contributed by atoms with Gasteiger partial charge >= 0.3 is 0 Å². The van der Waals surface area contributed by atoms with Gasteiger partial charge in [-0.1, -0.05) is 36.0 Å². The number of nitrogens with one attached hydrogen (secondary N) is 1. The molecule has 1 aliphatic rings. The Morgan fingerprint density at radius 1 is 1.18 bits per heavy atom. The van der Waals surface area contributed by atoms with Crippen molar-refractivity contribution < 1.29 is 4.98 Å². The average molecular weight is 353 g/mol. The van der Waals surface area contributed by atoms with Crippen molar-refractivity contribution in [2.24, 2.45) is 0 Å². The van der Waals surface area contributed by atoms with Crippen molar-refractivity contribution in [3.63, 3.8) is 0 Å². The van der Waals surface area contributed by atoms with Crippen molar-refractivity contribution in [2.45, 2.75) is 38.5 Å². The van der Waals surface area contributed by atoms with Gasteiger partial charge in [0.05, 0.1) is 14.2 Å². The van der Waals surface area contributed by atoms with E-state index >= 15 is 0 Å². The molecular weight excluding hydrogens is 337 g/mol. The summed E-state index contributed by atoms with van der Waals surface area (Å²) < 4.78 is 0.620. The molecular formula is C16H16Cl2N3S+. The Morgan fingerprint density at radius 3 is 2.55 bits per heavy atom. The summed E-state index contributed by atoms with van der Waals surface area (Å²) in [7, 11) is 0. The molecule has 3 rings (SSSR count). The maximum absolute atomic E-state index is 9.56. The van der Waals surface area contributed by atoms with Gasteiger partial charge in [0.15, 0.2) is 0 Å². The highest BCUT2D eigenvalue weighted by molar-refractivity contribution is 7.20. The predicted octanol–water partition coefficient (Wildman–Crippen LogP) is 4.65. The van der Waals surface area contributed by atoms with Gasteiger partial charge in [-0.25, -0.2) is 4.98 Å². The lowest BCUT2D eigenvalue weighted by atomic mass is 9.90. The van der Waals surface area contributed by atoms with E-state index in [1.54, 1.807) is 6.07 Å². The molecule has 0 saturated heterocycles. The van der Waals surface area contributed by atoms with E-state index in [2.05, 4.69) is 11.1 Å². The molecule has 6 heteroatoms. The summed E-state index contributed by atoms with van der Waals surface area (Å²) in [6.07, 6.45) is 6.57. The summed E-state index contributed by atoms with van der Waals surface area (Å²) in [5.74, 6) is 0.414. The van der Waals surface area contributed by atoms with Crippen molar-refractivity contribution in [1.82, 2.24) is 0 Å². The van der Waals surface area contributed by atoms with Gasteiger partial charge in [-0.05, 0) is 25.3 Å². The molecule has 3 nitrogen and oxygen atoms in total. The topological polar surface area (TPSA) is 64.0 Å². The number of nitrogens with zero attached hydrogens (tertiary/aromatic N) is 1. The van der Waals surface area contributed by atoms with E-state index in [4.69, 9.17) is 28.9 Å². The van der Waals surface area contributed by atoms with Gasteiger partial charge in [0.25, 0.3) is 5.82 Å². The highest BCUT2D eigenvalue weighted by Gasteiger charge is 2.26. The van der Waals surface area contributed by atoms with Crippen LogP contribution in [0.4, 0.5) is 5.82 Å². The molecule has 0 atom stereocenters. The molecule has 0 radical (unpaired) electrons. The Morgan fingerprint density at radius 2 is 1.91 bits per heavy atom. The number of hydrogen-bond donors (Lipinski definition) is 1. The van der Waals surface area contributed by atoms with E-state index in [0.29, 0.717) is 20.7 Å². The molecule has 0 spiro atoms. The van der Waals surface area contributed by atoms with Crippen molar-refractivity contribution in [1.29, 1.82) is 5.26 Å². The van der Waals surface area contributed by atoms with Crippen LogP contribution in [0.5, 0.6) is 0 Å². The standard InChI is InChI=1S/C16H15Cl2N3S/c17-11-7-13(18)22-15(11)14-9-5-3-1-2-4-6-12(9)21-16(20)10(14)8-19/h7H,1-6H2,(H2,20,21)/p+1. The van der Waals surface area contributed by atoms with Gasteiger partial charge in [0.2, 0.25) is 0 Å². The molecule has 0 bridgehead atoms. The summed E-state index contributed by atoms with van der Waals surface area (Å²) in [6.45, 7) is 0. The number of anilines is 1. The lowest BCUT2D eigenvalue weighted by Crippen LogP contribution is -2.23. The molecule has 2 heterocycles. The summed E-state index contributed by atoms with van der Waals surface area (Å²) in [5.41, 5.74) is 9.74. The summed E-state index contributed by atoms with van der Waals surface area (Å²) in [6, 6.07) is 3.96. The monoisotopic (exact) mass is 352 g/mol. The number of aryl methyl sites for hydroxylation is 1. The minimum absolute atomic E-state index is 0.414. The molecule has 1 aliphatic carbocycles. The van der Waals surface area contributed by atoms with Crippen LogP contribution in [0.1, 0.15) is 42.5 Å². The molecule has 3 N–H and O–H groups in total. The Bertz CT molecular complexity index is 762. The molecule has 2 aromatic rings. The van der Waals surface area contributed by atoms with E-state index in [-0.39, 0.29) is 0 Å². The van der Waals surface area contributed by atoms with Crippen LogP contribution in [0.3, 0.4) is 0 Å². The van der Waals surface area contributed by atoms with Crippen LogP contribution in [0.2, 0.25) is 9.36 Å². The second-order valence-corrected chi connectivity index (χ2v) is 7.59. The minimum Gasteiger partial charge on any atom is -0.286 e. The molecule has 0 saturated carbocycles. The summed E-state index contributed by atoms with van der Waals surface area (Å²) in [5, 5.41) is 10.1. The maximum atomic E-state index is 9.56. The molecule has 0 aliphatic heterocycles. The second kappa shape index (κ2) is 6.45. The van der Waals surface area contributed by atoms with Gasteiger partial charge in [-0.2, -0.15) is 5.26 Å². The second-order valence-electron chi connectivity index (χ2n) is 5.50. The first-order valence-corrected chi connectivity index (χ1v) is 8.91. The van der Waals surface area contributed by atoms with E-state index in [1.807, 2.05) is 0 Å². The van der Waals surface area contributed by atoms with Crippen molar-refractivity contribution in [2.75, 3.05) is 5.73 Å². The van der Waals surface area contributed by atoms with Crippen LogP contribution in [-0.4, -0.2) is 0 Å². The fourth-order valence-corrected chi connectivity index (χ4v) is 4.70. The first-order chi connectivity index (χ1) is 10.6. The fourth-order valence-electron chi connectivity index (χ4n) is 3.06. The fraction of sp³-hybridized carbons (Fsp3) is 0.375. The number of rotatable bonds is 1. The van der Waals surface area contributed by atoms with E-state index in [1.165, 1.54) is 29.7 Å². The van der Waals surface area contributed by atoms with Gasteiger partial charge in [-0.15, -0.1) is 11.3 Å². The number of hydrogen-bond acceptors (Lipinski definition) is 3. The van der Waals surface area contributed by atoms with E-state index in [0.717, 1.165) is 41.8 Å². The number of nitrogen functional groups attached to an aromatic ring is 1. The predicted molar refractivity (Wildman–Crippen MR) is 91.3 cm³/mol. The largest absolute Gasteiger partial charge is 0.289 e. The van der Waals surface area contributed by atoms with Crippen molar-refractivity contribution >= 4 is 40.4 Å². The highest BCUT2D eigenvalue weighted by atomic mass is 35.5. The third-order valence-corrected chi connectivity index (χ3v) is 5.76. The first-order valence-electron chi connectivity index (χ1n) is 7.33. The van der Waals surface area contributed by atoms with Crippen LogP contribution in [-0.2, 0) is 12.8 Å². The first kappa shape index (κ1) is 15.6. The number of H-pyrrole nitrogens is 1. The summed E-state index contributed by atoms with van der Waals surface area (Å²) >= 11 is 13.8. The number of nitriles is 1. The quantitative estimate of drug-likeness (QED) is 0.811. The van der Waals surface area contributed by atoms with Gasteiger partial charge in [0.1, 0.15) is 17.3 Å². The number of halogens is 2. The lowest BCUT2D eigenvalue weighted by molar-refractivity contribution is -0.374. The summed E-state index contributed by atoms with van der Waals surface area (Å²) in [4.78, 5) is 4.08. The SMILES string of the molecule is N#Cc1c(N)[nH+]c2c(c1-c1sc(Cl)cc1Cl)CCCCCC2. The van der Waals surface area contributed by atoms with Gasteiger partial charge in [-0.3, -0.25) is 5.73 Å². The Labute approximate surface area is 143 Å². The third kappa shape index (κ3) is 2.81. The lowest BCUT2D eigenvalue weighted by Gasteiger charge is -2.16. The molecule has 0 aromatic carbocycles. The van der Waals surface area contributed by atoms with Crippen LogP contribution >= 0.6 is 34.5 Å². The highest BCUT2D eigenvalue weighted by Crippen LogP contribution is 2.43. The number of pyridine rings is 1. The molecule has 0 fully saturated rings. The van der Waals surface area contributed by atoms with Crippen molar-refractivity contribution in [3.05, 3.63) is 32.2 Å². The molecule has 2 aromatic heterocycles.